The Morgan fingerprint density at radius 1 is 0.659 bits per heavy atom. The van der Waals surface area contributed by atoms with E-state index < -0.39 is 21.1 Å². The van der Waals surface area contributed by atoms with E-state index in [1.807, 2.05) is 52.8 Å². The molecule has 0 aromatic heterocycles. The topological polar surface area (TPSA) is 92.8 Å². The first-order valence-electron chi connectivity index (χ1n) is 14.0. The van der Waals surface area contributed by atoms with Gasteiger partial charge in [0.25, 0.3) is 0 Å². The molecule has 2 atom stereocenters. The van der Waals surface area contributed by atoms with Crippen molar-refractivity contribution in [3.05, 3.63) is 30.3 Å². The third-order valence-corrected chi connectivity index (χ3v) is 6.70. The Balaban J connectivity index is 2.55. The van der Waals surface area contributed by atoms with Crippen molar-refractivity contribution in [2.75, 3.05) is 57.6 Å². The summed E-state index contributed by atoms with van der Waals surface area (Å²) in [6.45, 7) is 17.6. The lowest BCUT2D eigenvalue weighted by atomic mass is 10.1. The van der Waals surface area contributed by atoms with Crippen LogP contribution >= 0.6 is 25.3 Å². The second-order valence-corrected chi connectivity index (χ2v) is 13.5. The molecule has 0 fully saturated rings. The minimum Gasteiger partial charge on any atom is -0.466 e. The van der Waals surface area contributed by atoms with Gasteiger partial charge in [0.1, 0.15) is 16.5 Å². The van der Waals surface area contributed by atoms with Crippen LogP contribution in [0.4, 0.5) is 5.69 Å². The number of carbonyl (C=O) groups is 2. The molecule has 0 radical (unpaired) electrons. The van der Waals surface area contributed by atoms with Gasteiger partial charge in [0.05, 0.1) is 44.2 Å². The van der Waals surface area contributed by atoms with Crippen LogP contribution in [0.3, 0.4) is 0 Å². The molecular weight excluding hydrogens is 566 g/mol. The summed E-state index contributed by atoms with van der Waals surface area (Å²) in [4.78, 5) is 22.7. The predicted molar refractivity (Wildman–Crippen MR) is 168 cm³/mol. The van der Waals surface area contributed by atoms with Gasteiger partial charge in [0, 0.05) is 45.5 Å². The van der Waals surface area contributed by atoms with Crippen molar-refractivity contribution < 1.29 is 38.0 Å². The van der Waals surface area contributed by atoms with E-state index in [0.717, 1.165) is 5.69 Å². The zero-order chi connectivity index (χ0) is 31.2. The van der Waals surface area contributed by atoms with Gasteiger partial charge in [0.2, 0.25) is 0 Å². The van der Waals surface area contributed by atoms with E-state index in [1.54, 1.807) is 6.92 Å². The molecule has 1 aromatic carbocycles. The van der Waals surface area contributed by atoms with Gasteiger partial charge >= 0.3 is 11.9 Å². The summed E-state index contributed by atoms with van der Waals surface area (Å²) in [5.74, 6) is -0.669. The first-order chi connectivity index (χ1) is 18.9. The van der Waals surface area contributed by atoms with Crippen LogP contribution < -0.4 is 4.90 Å². The molecule has 1 rings (SSSR count). The summed E-state index contributed by atoms with van der Waals surface area (Å²) in [6.07, 6.45) is 1.20. The summed E-state index contributed by atoms with van der Waals surface area (Å²) >= 11 is 9.18. The highest BCUT2D eigenvalue weighted by molar-refractivity contribution is 7.81. The quantitative estimate of drug-likeness (QED) is 0.108. The van der Waals surface area contributed by atoms with Gasteiger partial charge in [0.15, 0.2) is 0 Å². The fraction of sp³-hybridized carbons (Fsp3) is 0.733. The first kappa shape index (κ1) is 37.5. The number of nitrogens with zero attached hydrogens (tertiary/aromatic N) is 1. The van der Waals surface area contributed by atoms with Crippen LogP contribution in [0.25, 0.3) is 0 Å². The van der Waals surface area contributed by atoms with E-state index in [0.29, 0.717) is 52.4 Å². The van der Waals surface area contributed by atoms with Crippen LogP contribution in [0.5, 0.6) is 0 Å². The highest BCUT2D eigenvalue weighted by Crippen LogP contribution is 2.24. The third kappa shape index (κ3) is 18.6. The number of hydrogen-bond donors (Lipinski definition) is 2. The van der Waals surface area contributed by atoms with Crippen LogP contribution in [0.1, 0.15) is 68.2 Å². The number of hydrogen-bond acceptors (Lipinski definition) is 11. The molecule has 11 heteroatoms. The Kier molecular flexibility index (Phi) is 16.1. The lowest BCUT2D eigenvalue weighted by Gasteiger charge is -2.33. The molecule has 0 aliphatic heterocycles. The van der Waals surface area contributed by atoms with Crippen molar-refractivity contribution in [3.63, 3.8) is 0 Å². The molecule has 2 unspecified atom stereocenters. The summed E-state index contributed by atoms with van der Waals surface area (Å²) in [5.41, 5.74) is 0.0712. The van der Waals surface area contributed by atoms with Gasteiger partial charge in [-0.1, -0.05) is 18.2 Å². The van der Waals surface area contributed by atoms with Gasteiger partial charge in [-0.15, -0.1) is 25.3 Å². The smallest absolute Gasteiger partial charge is 0.302 e. The highest BCUT2D eigenvalue weighted by Gasteiger charge is 2.28. The Morgan fingerprint density at radius 2 is 1.22 bits per heavy atom. The van der Waals surface area contributed by atoms with Gasteiger partial charge in [-0.25, -0.2) is 0 Å². The number of anilines is 1. The molecular formula is C30H51NO8S2. The molecule has 0 N–H and O–H groups in total. The summed E-state index contributed by atoms with van der Waals surface area (Å²) < 4.78 is 34.2. The number of carbonyl (C=O) groups excluding carboxylic acids is 2. The van der Waals surface area contributed by atoms with Gasteiger partial charge in [-0.2, -0.15) is 0 Å². The molecule has 41 heavy (non-hydrogen) atoms. The maximum absolute atomic E-state index is 11.1. The minimum absolute atomic E-state index is 0.0489. The second-order valence-electron chi connectivity index (χ2n) is 11.6. The van der Waals surface area contributed by atoms with E-state index in [4.69, 9.17) is 41.0 Å². The number of thiol groups is 2. The lowest BCUT2D eigenvalue weighted by Crippen LogP contribution is -2.40. The minimum atomic E-state index is -0.913. The number of para-hydroxylation sites is 1. The highest BCUT2D eigenvalue weighted by atomic mass is 32.1. The largest absolute Gasteiger partial charge is 0.466 e. The third-order valence-electron chi connectivity index (χ3n) is 6.09. The van der Waals surface area contributed by atoms with Crippen LogP contribution in [0.2, 0.25) is 0 Å². The van der Waals surface area contributed by atoms with Crippen LogP contribution in [0, 0.1) is 0 Å². The Labute approximate surface area is 257 Å². The van der Waals surface area contributed by atoms with Crippen LogP contribution in [-0.4, -0.2) is 85.7 Å². The zero-order valence-electron chi connectivity index (χ0n) is 26.1. The Bertz CT molecular complexity index is 909. The SMILES string of the molecule is CC(=O)OCCC(C)(C)OCCC(C)(S)OCCN(CCOC(C)(C)COC(C)(S)COC(C)=O)c1ccccc1. The van der Waals surface area contributed by atoms with Gasteiger partial charge in [-0.3, -0.25) is 9.59 Å². The molecule has 0 aliphatic rings. The summed E-state index contributed by atoms with van der Waals surface area (Å²) in [6, 6.07) is 10.1. The summed E-state index contributed by atoms with van der Waals surface area (Å²) in [5, 5.41) is 0. The average molecular weight is 618 g/mol. The molecule has 0 saturated carbocycles. The molecule has 0 bridgehead atoms. The molecule has 1 aromatic rings. The van der Waals surface area contributed by atoms with Gasteiger partial charge < -0.3 is 33.3 Å². The standard InChI is InChI=1S/C30H51NO8S2/c1-24(32)34-18-14-27(3,4)36-19-15-29(7,40)38-21-17-31(26-12-10-9-11-13-26)16-20-37-28(5,6)22-39-30(8,41)23-35-25(2)33/h9-13,40-41H,14-23H2,1-8H3. The Morgan fingerprint density at radius 3 is 1.80 bits per heavy atom. The zero-order valence-corrected chi connectivity index (χ0v) is 27.9. The van der Waals surface area contributed by atoms with Crippen molar-refractivity contribution in [3.8, 4) is 0 Å². The molecule has 0 spiro atoms. The second kappa shape index (κ2) is 17.6. The van der Waals surface area contributed by atoms with Crippen molar-refractivity contribution in [2.45, 2.75) is 89.3 Å². The maximum Gasteiger partial charge on any atom is 0.302 e. The maximum atomic E-state index is 11.1. The van der Waals surface area contributed by atoms with Crippen LogP contribution in [0.15, 0.2) is 30.3 Å². The first-order valence-corrected chi connectivity index (χ1v) is 14.9. The Hall–Kier alpha value is -1.50. The van der Waals surface area contributed by atoms with E-state index in [9.17, 15) is 9.59 Å². The molecule has 236 valence electrons. The normalized spacial score (nSPS) is 15.1. The average Bonchev–Trinajstić information content (AvgIpc) is 2.85. The number of benzene rings is 1. The number of rotatable bonds is 21. The van der Waals surface area contributed by atoms with E-state index in [2.05, 4.69) is 29.7 Å². The monoisotopic (exact) mass is 617 g/mol. The van der Waals surface area contributed by atoms with Crippen molar-refractivity contribution in [1.29, 1.82) is 0 Å². The van der Waals surface area contributed by atoms with E-state index in [1.165, 1.54) is 13.8 Å². The lowest BCUT2D eigenvalue weighted by molar-refractivity contribution is -0.150. The fourth-order valence-corrected chi connectivity index (χ4v) is 3.88. The van der Waals surface area contributed by atoms with E-state index in [-0.39, 0.29) is 25.2 Å². The van der Waals surface area contributed by atoms with Crippen LogP contribution in [-0.2, 0) is 38.0 Å². The number of ether oxygens (including phenoxy) is 6. The van der Waals surface area contributed by atoms with Gasteiger partial charge in [-0.05, 0) is 53.7 Å². The fourth-order valence-electron chi connectivity index (χ4n) is 3.57. The van der Waals surface area contributed by atoms with Crippen molar-refractivity contribution >= 4 is 42.9 Å². The summed E-state index contributed by atoms with van der Waals surface area (Å²) in [7, 11) is 0. The molecule has 0 aliphatic carbocycles. The molecule has 0 saturated heterocycles. The molecule has 0 amide bonds. The molecule has 9 nitrogen and oxygen atoms in total. The molecule has 0 heterocycles. The van der Waals surface area contributed by atoms with Crippen molar-refractivity contribution in [2.24, 2.45) is 0 Å². The number of esters is 2. The van der Waals surface area contributed by atoms with Crippen molar-refractivity contribution in [1.82, 2.24) is 0 Å². The predicted octanol–water partition coefficient (Wildman–Crippen LogP) is 5.32. The van der Waals surface area contributed by atoms with E-state index >= 15 is 0 Å².